The number of rotatable bonds is 1. The van der Waals surface area contributed by atoms with Crippen LogP contribution in [0.1, 0.15) is 35.0 Å². The third kappa shape index (κ3) is 1.62. The van der Waals surface area contributed by atoms with E-state index in [4.69, 9.17) is 0 Å². The van der Waals surface area contributed by atoms with Crippen LogP contribution in [0, 0.1) is 5.92 Å². The molecule has 0 radical (unpaired) electrons. The predicted octanol–water partition coefficient (Wildman–Crippen LogP) is 2.02. The molecule has 0 N–H and O–H groups in total. The van der Waals surface area contributed by atoms with Gasteiger partial charge < -0.3 is 0 Å². The Morgan fingerprint density at radius 3 is 3.23 bits per heavy atom. The zero-order chi connectivity index (χ0) is 9.26. The third-order valence-corrected chi connectivity index (χ3v) is 2.67. The van der Waals surface area contributed by atoms with Gasteiger partial charge in [0.15, 0.2) is 6.29 Å². The van der Waals surface area contributed by atoms with Gasteiger partial charge in [-0.3, -0.25) is 9.78 Å². The highest BCUT2D eigenvalue weighted by atomic mass is 16.1. The zero-order valence-corrected chi connectivity index (χ0v) is 7.79. The molecule has 1 aromatic heterocycles. The molecule has 0 fully saturated rings. The van der Waals surface area contributed by atoms with E-state index in [0.29, 0.717) is 5.56 Å². The Labute approximate surface area is 78.0 Å². The molecule has 1 heterocycles. The van der Waals surface area contributed by atoms with Crippen LogP contribution in [-0.2, 0) is 12.8 Å². The molecule has 68 valence electrons. The first kappa shape index (κ1) is 8.42. The fraction of sp³-hybridized carbons (Fsp3) is 0.455. The van der Waals surface area contributed by atoms with Crippen molar-refractivity contribution in [1.29, 1.82) is 0 Å². The fourth-order valence-electron chi connectivity index (χ4n) is 1.86. The molecule has 2 rings (SSSR count). The highest BCUT2D eigenvalue weighted by Crippen LogP contribution is 2.23. The van der Waals surface area contributed by atoms with Gasteiger partial charge in [-0.15, -0.1) is 0 Å². The number of carbonyl (C=O) groups excluding carboxylic acids is 1. The average Bonchev–Trinajstić information content (AvgIpc) is 2.17. The Morgan fingerprint density at radius 2 is 2.46 bits per heavy atom. The van der Waals surface area contributed by atoms with Crippen molar-refractivity contribution in [2.24, 2.45) is 5.92 Å². The van der Waals surface area contributed by atoms with E-state index >= 15 is 0 Å². The Hall–Kier alpha value is -1.18. The molecule has 0 aromatic carbocycles. The second kappa shape index (κ2) is 3.29. The maximum absolute atomic E-state index is 10.5. The average molecular weight is 175 g/mol. The summed E-state index contributed by atoms with van der Waals surface area (Å²) in [5.74, 6) is 0.738. The second-order valence-electron chi connectivity index (χ2n) is 3.84. The Bertz CT molecular complexity index is 333. The van der Waals surface area contributed by atoms with Gasteiger partial charge in [-0.25, -0.2) is 0 Å². The molecule has 0 saturated carbocycles. The lowest BCUT2D eigenvalue weighted by Crippen LogP contribution is -2.13. The molecule has 1 atom stereocenters. The number of nitrogens with zero attached hydrogens (tertiary/aromatic N) is 1. The first-order valence-electron chi connectivity index (χ1n) is 4.72. The van der Waals surface area contributed by atoms with Gasteiger partial charge in [-0.2, -0.15) is 0 Å². The number of aldehydes is 1. The van der Waals surface area contributed by atoms with E-state index in [1.165, 1.54) is 17.7 Å². The van der Waals surface area contributed by atoms with Crippen LogP contribution >= 0.6 is 0 Å². The summed E-state index contributed by atoms with van der Waals surface area (Å²) in [6, 6.07) is 1.97. The van der Waals surface area contributed by atoms with Crippen LogP contribution < -0.4 is 0 Å². The molecule has 1 aliphatic carbocycles. The quantitative estimate of drug-likeness (QED) is 0.611. The van der Waals surface area contributed by atoms with Crippen molar-refractivity contribution < 1.29 is 4.79 Å². The Balaban J connectivity index is 2.36. The van der Waals surface area contributed by atoms with Crippen molar-refractivity contribution in [3.8, 4) is 0 Å². The lowest BCUT2D eigenvalue weighted by Gasteiger charge is -2.20. The van der Waals surface area contributed by atoms with E-state index in [9.17, 15) is 4.79 Å². The van der Waals surface area contributed by atoms with Gasteiger partial charge in [0.2, 0.25) is 0 Å². The van der Waals surface area contributed by atoms with Crippen LogP contribution in [0.4, 0.5) is 0 Å². The van der Waals surface area contributed by atoms with E-state index < -0.39 is 0 Å². The SMILES string of the molecule is CC1CCc2cc(C=O)cnc2C1. The standard InChI is InChI=1S/C11H13NO/c1-8-2-3-10-5-9(7-13)6-12-11(10)4-8/h5-8H,2-4H2,1H3. The summed E-state index contributed by atoms with van der Waals surface area (Å²) in [6.45, 7) is 2.25. The van der Waals surface area contributed by atoms with E-state index in [1.54, 1.807) is 6.20 Å². The first-order valence-corrected chi connectivity index (χ1v) is 4.72. The summed E-state index contributed by atoms with van der Waals surface area (Å²) >= 11 is 0. The monoisotopic (exact) mass is 175 g/mol. The first-order chi connectivity index (χ1) is 6.29. The summed E-state index contributed by atoms with van der Waals surface area (Å²) in [7, 11) is 0. The third-order valence-electron chi connectivity index (χ3n) is 2.67. The second-order valence-corrected chi connectivity index (χ2v) is 3.84. The summed E-state index contributed by atoms with van der Waals surface area (Å²) in [4.78, 5) is 14.8. The molecule has 2 nitrogen and oxygen atoms in total. The van der Waals surface area contributed by atoms with Gasteiger partial charge >= 0.3 is 0 Å². The highest BCUT2D eigenvalue weighted by Gasteiger charge is 2.15. The minimum absolute atomic E-state index is 0.702. The van der Waals surface area contributed by atoms with Crippen LogP contribution in [0.5, 0.6) is 0 Å². The van der Waals surface area contributed by atoms with Crippen molar-refractivity contribution in [3.05, 3.63) is 29.1 Å². The maximum Gasteiger partial charge on any atom is 0.151 e. The molecular weight excluding hydrogens is 162 g/mol. The fourth-order valence-corrected chi connectivity index (χ4v) is 1.86. The van der Waals surface area contributed by atoms with Gasteiger partial charge in [0.1, 0.15) is 0 Å². The van der Waals surface area contributed by atoms with Crippen LogP contribution in [0.3, 0.4) is 0 Å². The van der Waals surface area contributed by atoms with Gasteiger partial charge in [0.25, 0.3) is 0 Å². The maximum atomic E-state index is 10.5. The number of pyridine rings is 1. The van der Waals surface area contributed by atoms with E-state index in [-0.39, 0.29) is 0 Å². The van der Waals surface area contributed by atoms with Crippen LogP contribution in [0.2, 0.25) is 0 Å². The topological polar surface area (TPSA) is 30.0 Å². The van der Waals surface area contributed by atoms with E-state index in [2.05, 4.69) is 11.9 Å². The number of aryl methyl sites for hydroxylation is 1. The molecule has 1 aromatic rings. The van der Waals surface area contributed by atoms with Crippen LogP contribution in [0.15, 0.2) is 12.3 Å². The minimum atomic E-state index is 0.702. The van der Waals surface area contributed by atoms with Crippen molar-refractivity contribution >= 4 is 6.29 Å². The number of carbonyl (C=O) groups is 1. The zero-order valence-electron chi connectivity index (χ0n) is 7.79. The Kier molecular flexibility index (Phi) is 2.13. The molecular formula is C11H13NO. The molecule has 0 aliphatic heterocycles. The highest BCUT2D eigenvalue weighted by molar-refractivity contribution is 5.74. The van der Waals surface area contributed by atoms with E-state index in [1.807, 2.05) is 6.07 Å². The summed E-state index contributed by atoms with van der Waals surface area (Å²) in [6.07, 6.45) is 5.89. The Morgan fingerprint density at radius 1 is 1.62 bits per heavy atom. The minimum Gasteiger partial charge on any atom is -0.298 e. The van der Waals surface area contributed by atoms with Gasteiger partial charge in [-0.1, -0.05) is 6.92 Å². The normalized spacial score (nSPS) is 20.8. The lowest BCUT2D eigenvalue weighted by atomic mass is 9.88. The van der Waals surface area contributed by atoms with Gasteiger partial charge in [0.05, 0.1) is 0 Å². The summed E-state index contributed by atoms with van der Waals surface area (Å²) < 4.78 is 0. The van der Waals surface area contributed by atoms with Gasteiger partial charge in [0, 0.05) is 17.5 Å². The van der Waals surface area contributed by atoms with Crippen molar-refractivity contribution in [3.63, 3.8) is 0 Å². The number of hydrogen-bond acceptors (Lipinski definition) is 2. The largest absolute Gasteiger partial charge is 0.298 e. The van der Waals surface area contributed by atoms with Crippen molar-refractivity contribution in [1.82, 2.24) is 4.98 Å². The molecule has 13 heavy (non-hydrogen) atoms. The van der Waals surface area contributed by atoms with Crippen LogP contribution in [0.25, 0.3) is 0 Å². The predicted molar refractivity (Wildman–Crippen MR) is 50.8 cm³/mol. The van der Waals surface area contributed by atoms with Crippen LogP contribution in [-0.4, -0.2) is 11.3 Å². The molecule has 1 unspecified atom stereocenters. The molecule has 0 spiro atoms. The number of aromatic nitrogens is 1. The van der Waals surface area contributed by atoms with Crippen molar-refractivity contribution in [2.45, 2.75) is 26.2 Å². The lowest BCUT2D eigenvalue weighted by molar-refractivity contribution is 0.112. The number of hydrogen-bond donors (Lipinski definition) is 0. The molecule has 2 heteroatoms. The summed E-state index contributed by atoms with van der Waals surface area (Å²) in [5, 5.41) is 0. The van der Waals surface area contributed by atoms with Crippen molar-refractivity contribution in [2.75, 3.05) is 0 Å². The summed E-state index contributed by atoms with van der Waals surface area (Å²) in [5.41, 5.74) is 3.15. The smallest absolute Gasteiger partial charge is 0.151 e. The van der Waals surface area contributed by atoms with E-state index in [0.717, 1.165) is 25.0 Å². The molecule has 0 bridgehead atoms. The molecule has 0 saturated heterocycles. The molecule has 0 amide bonds. The van der Waals surface area contributed by atoms with Gasteiger partial charge in [-0.05, 0) is 36.8 Å². The number of fused-ring (bicyclic) bond motifs is 1. The molecule has 1 aliphatic rings.